The molecule has 0 aliphatic carbocycles. The Bertz CT molecular complexity index is 771. The molecule has 0 amide bonds. The largest absolute Gasteiger partial charge is 0.480 e. The van der Waals surface area contributed by atoms with E-state index in [1.165, 1.54) is 5.56 Å². The number of aliphatic carboxylic acids is 1. The Labute approximate surface area is 149 Å². The predicted octanol–water partition coefficient (Wildman–Crippen LogP) is 3.70. The maximum Gasteiger partial charge on any atom is 0.326 e. The Hall–Kier alpha value is -2.30. The lowest BCUT2D eigenvalue weighted by Gasteiger charge is -2.27. The molecule has 134 valence electrons. The number of carboxylic acid groups (broad SMARTS) is 1. The lowest BCUT2D eigenvalue weighted by molar-refractivity contribution is -0.138. The maximum absolute atomic E-state index is 11.6. The minimum atomic E-state index is -0.757. The highest BCUT2D eigenvalue weighted by Crippen LogP contribution is 2.36. The van der Waals surface area contributed by atoms with Crippen LogP contribution in [0.3, 0.4) is 0 Å². The Morgan fingerprint density at radius 2 is 2.04 bits per heavy atom. The molecule has 5 heteroatoms. The van der Waals surface area contributed by atoms with E-state index in [2.05, 4.69) is 43.9 Å². The Morgan fingerprint density at radius 3 is 2.68 bits per heavy atom. The van der Waals surface area contributed by atoms with Crippen LogP contribution >= 0.6 is 0 Å². The average molecular weight is 341 g/mol. The number of hydrogen-bond acceptors (Lipinski definition) is 4. The van der Waals surface area contributed by atoms with Gasteiger partial charge in [-0.15, -0.1) is 0 Å². The monoisotopic (exact) mass is 341 g/mol. The SMILES string of the molecule is CCc1ccc2c(N(CC)CC)cnc(N3CCCC3C(=O)O)c2c1. The molecule has 1 aromatic carbocycles. The molecule has 0 bridgehead atoms. The standard InChI is InChI=1S/C20H27N3O2/c1-4-14-9-10-15-16(12-14)19(21-13-18(15)22(5-2)6-3)23-11-7-8-17(23)20(24)25/h9-10,12-13,17H,4-8,11H2,1-3H3,(H,24,25). The van der Waals surface area contributed by atoms with E-state index in [0.717, 1.165) is 54.8 Å². The first-order valence-corrected chi connectivity index (χ1v) is 9.26. The summed E-state index contributed by atoms with van der Waals surface area (Å²) in [6, 6.07) is 6.04. The summed E-state index contributed by atoms with van der Waals surface area (Å²) in [5.74, 6) is 0.0537. The van der Waals surface area contributed by atoms with E-state index in [1.807, 2.05) is 11.1 Å². The number of fused-ring (bicyclic) bond motifs is 1. The number of aromatic nitrogens is 1. The molecule has 1 aromatic heterocycles. The van der Waals surface area contributed by atoms with Crippen molar-refractivity contribution in [3.05, 3.63) is 30.0 Å². The molecular formula is C20H27N3O2. The van der Waals surface area contributed by atoms with Gasteiger partial charge in [-0.3, -0.25) is 0 Å². The normalized spacial score (nSPS) is 17.2. The number of carboxylic acids is 1. The number of aryl methyl sites for hydroxylation is 1. The fraction of sp³-hybridized carbons (Fsp3) is 0.500. The van der Waals surface area contributed by atoms with Gasteiger partial charge in [-0.05, 0) is 44.7 Å². The highest BCUT2D eigenvalue weighted by Gasteiger charge is 2.32. The zero-order valence-corrected chi connectivity index (χ0v) is 15.3. The van der Waals surface area contributed by atoms with Crippen molar-refractivity contribution in [2.75, 3.05) is 29.4 Å². The molecule has 1 aliphatic rings. The molecule has 0 saturated carbocycles. The van der Waals surface area contributed by atoms with E-state index in [4.69, 9.17) is 4.98 Å². The Kier molecular flexibility index (Phi) is 5.11. The van der Waals surface area contributed by atoms with E-state index >= 15 is 0 Å². The molecule has 5 nitrogen and oxygen atoms in total. The van der Waals surface area contributed by atoms with E-state index in [9.17, 15) is 9.90 Å². The fourth-order valence-corrected chi connectivity index (χ4v) is 3.80. The second-order valence-electron chi connectivity index (χ2n) is 6.56. The summed E-state index contributed by atoms with van der Waals surface area (Å²) in [5, 5.41) is 11.8. The van der Waals surface area contributed by atoms with Crippen LogP contribution in [0.1, 0.15) is 39.2 Å². The van der Waals surface area contributed by atoms with Gasteiger partial charge in [0, 0.05) is 30.4 Å². The van der Waals surface area contributed by atoms with E-state index in [1.54, 1.807) is 0 Å². The van der Waals surface area contributed by atoms with Crippen LogP contribution in [-0.2, 0) is 11.2 Å². The average Bonchev–Trinajstić information content (AvgIpc) is 3.12. The third kappa shape index (κ3) is 3.15. The Balaban J connectivity index is 2.19. The molecule has 0 radical (unpaired) electrons. The number of hydrogen-bond donors (Lipinski definition) is 1. The first-order valence-electron chi connectivity index (χ1n) is 9.26. The van der Waals surface area contributed by atoms with Crippen LogP contribution in [0, 0.1) is 0 Å². The molecule has 1 saturated heterocycles. The van der Waals surface area contributed by atoms with Gasteiger partial charge in [0.05, 0.1) is 11.9 Å². The molecule has 1 aliphatic heterocycles. The highest BCUT2D eigenvalue weighted by atomic mass is 16.4. The first kappa shape index (κ1) is 17.5. The summed E-state index contributed by atoms with van der Waals surface area (Å²) < 4.78 is 0. The van der Waals surface area contributed by atoms with E-state index in [0.29, 0.717) is 6.42 Å². The zero-order chi connectivity index (χ0) is 18.0. The molecule has 25 heavy (non-hydrogen) atoms. The minimum absolute atomic E-state index is 0.472. The molecular weight excluding hydrogens is 314 g/mol. The topological polar surface area (TPSA) is 56.7 Å². The van der Waals surface area contributed by atoms with Crippen molar-refractivity contribution >= 4 is 28.2 Å². The van der Waals surface area contributed by atoms with E-state index in [-0.39, 0.29) is 0 Å². The molecule has 2 aromatic rings. The van der Waals surface area contributed by atoms with Crippen molar-refractivity contribution in [2.24, 2.45) is 0 Å². The van der Waals surface area contributed by atoms with Crippen LogP contribution in [0.2, 0.25) is 0 Å². The van der Waals surface area contributed by atoms with Gasteiger partial charge in [-0.2, -0.15) is 0 Å². The number of nitrogens with zero attached hydrogens (tertiary/aromatic N) is 3. The second-order valence-corrected chi connectivity index (χ2v) is 6.56. The zero-order valence-electron chi connectivity index (χ0n) is 15.3. The van der Waals surface area contributed by atoms with Crippen LogP contribution in [0.25, 0.3) is 10.8 Å². The van der Waals surface area contributed by atoms with Gasteiger partial charge >= 0.3 is 5.97 Å². The van der Waals surface area contributed by atoms with E-state index < -0.39 is 12.0 Å². The minimum Gasteiger partial charge on any atom is -0.480 e. The van der Waals surface area contributed by atoms with Crippen LogP contribution in [0.5, 0.6) is 0 Å². The van der Waals surface area contributed by atoms with Gasteiger partial charge in [0.2, 0.25) is 0 Å². The molecule has 1 N–H and O–H groups in total. The van der Waals surface area contributed by atoms with Crippen molar-refractivity contribution in [1.29, 1.82) is 0 Å². The summed E-state index contributed by atoms with van der Waals surface area (Å²) in [6.45, 7) is 9.01. The van der Waals surface area contributed by atoms with Crippen LogP contribution in [0.4, 0.5) is 11.5 Å². The lowest BCUT2D eigenvalue weighted by Crippen LogP contribution is -2.36. The molecule has 0 spiro atoms. The van der Waals surface area contributed by atoms with Gasteiger partial charge in [0.1, 0.15) is 11.9 Å². The summed E-state index contributed by atoms with van der Waals surface area (Å²) >= 11 is 0. The molecule has 1 unspecified atom stereocenters. The molecule has 3 rings (SSSR count). The van der Waals surface area contributed by atoms with Crippen molar-refractivity contribution < 1.29 is 9.90 Å². The molecule has 1 fully saturated rings. The smallest absolute Gasteiger partial charge is 0.326 e. The van der Waals surface area contributed by atoms with Gasteiger partial charge in [-0.1, -0.05) is 19.1 Å². The lowest BCUT2D eigenvalue weighted by atomic mass is 10.0. The summed E-state index contributed by atoms with van der Waals surface area (Å²) in [4.78, 5) is 20.6. The quantitative estimate of drug-likeness (QED) is 0.868. The maximum atomic E-state index is 11.6. The van der Waals surface area contributed by atoms with Crippen molar-refractivity contribution in [2.45, 2.75) is 46.1 Å². The van der Waals surface area contributed by atoms with Crippen molar-refractivity contribution in [3.63, 3.8) is 0 Å². The van der Waals surface area contributed by atoms with Gasteiger partial charge in [-0.25, -0.2) is 9.78 Å². The summed E-state index contributed by atoms with van der Waals surface area (Å²) in [5.41, 5.74) is 2.37. The van der Waals surface area contributed by atoms with Crippen LogP contribution < -0.4 is 9.80 Å². The second kappa shape index (κ2) is 7.30. The molecule has 1 atom stereocenters. The number of pyridine rings is 1. The number of rotatable bonds is 6. The number of anilines is 2. The van der Waals surface area contributed by atoms with Gasteiger partial charge < -0.3 is 14.9 Å². The number of benzene rings is 1. The van der Waals surface area contributed by atoms with Gasteiger partial charge in [0.25, 0.3) is 0 Å². The summed E-state index contributed by atoms with van der Waals surface area (Å²) in [6.07, 6.45) is 4.44. The van der Waals surface area contributed by atoms with Crippen molar-refractivity contribution in [3.8, 4) is 0 Å². The molecule has 2 heterocycles. The van der Waals surface area contributed by atoms with Gasteiger partial charge in [0.15, 0.2) is 0 Å². The predicted molar refractivity (Wildman–Crippen MR) is 103 cm³/mol. The third-order valence-corrected chi connectivity index (χ3v) is 5.23. The highest BCUT2D eigenvalue weighted by molar-refractivity contribution is 6.01. The first-order chi connectivity index (χ1) is 12.1. The summed E-state index contributed by atoms with van der Waals surface area (Å²) in [7, 11) is 0. The van der Waals surface area contributed by atoms with Crippen LogP contribution in [-0.4, -0.2) is 41.7 Å². The van der Waals surface area contributed by atoms with Crippen LogP contribution in [0.15, 0.2) is 24.4 Å². The third-order valence-electron chi connectivity index (χ3n) is 5.23. The van der Waals surface area contributed by atoms with Crippen molar-refractivity contribution in [1.82, 2.24) is 4.98 Å². The fourth-order valence-electron chi connectivity index (χ4n) is 3.80. The number of carbonyl (C=O) groups is 1. The Morgan fingerprint density at radius 1 is 1.28 bits per heavy atom.